The number of rotatable bonds is 6. The number of ether oxygens (including phenoxy) is 1. The highest BCUT2D eigenvalue weighted by molar-refractivity contribution is 6.31. The molecule has 1 amide bonds. The van der Waals surface area contributed by atoms with Gasteiger partial charge in [-0.15, -0.1) is 0 Å². The average molecular weight is 430 g/mol. The molecule has 0 fully saturated rings. The molecule has 156 valence electrons. The van der Waals surface area contributed by atoms with E-state index in [1.54, 1.807) is 30.3 Å². The smallest absolute Gasteiger partial charge is 0.290 e. The summed E-state index contributed by atoms with van der Waals surface area (Å²) < 4.78 is 26.1. The Morgan fingerprint density at radius 3 is 2.70 bits per heavy atom. The van der Waals surface area contributed by atoms with Gasteiger partial charge >= 0.3 is 0 Å². The summed E-state index contributed by atoms with van der Waals surface area (Å²) in [6.07, 6.45) is 0.611. The molecule has 0 N–H and O–H groups in total. The molecule has 7 heteroatoms. The second kappa shape index (κ2) is 8.20. The highest BCUT2D eigenvalue weighted by Crippen LogP contribution is 2.39. The van der Waals surface area contributed by atoms with Crippen molar-refractivity contribution in [3.63, 3.8) is 0 Å². The van der Waals surface area contributed by atoms with Crippen LogP contribution in [0.15, 0.2) is 51.7 Å². The maximum atomic E-state index is 14.7. The number of benzene rings is 2. The van der Waals surface area contributed by atoms with Crippen LogP contribution in [0, 0.1) is 5.82 Å². The van der Waals surface area contributed by atoms with Crippen LogP contribution in [0.25, 0.3) is 11.0 Å². The normalized spacial score (nSPS) is 16.0. The van der Waals surface area contributed by atoms with Gasteiger partial charge in [-0.1, -0.05) is 29.8 Å². The van der Waals surface area contributed by atoms with E-state index < -0.39 is 17.8 Å². The Balaban J connectivity index is 1.84. The van der Waals surface area contributed by atoms with Crippen molar-refractivity contribution < 1.29 is 18.3 Å². The Hall–Kier alpha value is -2.70. The van der Waals surface area contributed by atoms with Gasteiger partial charge in [0.15, 0.2) is 5.43 Å². The Kier molecular flexibility index (Phi) is 5.62. The number of carbonyl (C=O) groups excluding carboxylic acids is 1. The van der Waals surface area contributed by atoms with Gasteiger partial charge in [-0.25, -0.2) is 4.39 Å². The van der Waals surface area contributed by atoms with Crippen LogP contribution in [0.4, 0.5) is 4.39 Å². The van der Waals surface area contributed by atoms with E-state index in [0.29, 0.717) is 24.6 Å². The zero-order chi connectivity index (χ0) is 21.4. The summed E-state index contributed by atoms with van der Waals surface area (Å²) in [5, 5.41) is 0.643. The number of fused-ring (bicyclic) bond motifs is 2. The van der Waals surface area contributed by atoms with E-state index in [9.17, 15) is 14.0 Å². The fourth-order valence-electron chi connectivity index (χ4n) is 3.80. The lowest BCUT2D eigenvalue weighted by molar-refractivity contribution is 0.0592. The van der Waals surface area contributed by atoms with Gasteiger partial charge in [0.25, 0.3) is 5.91 Å². The molecule has 0 saturated carbocycles. The van der Waals surface area contributed by atoms with Crippen LogP contribution in [-0.2, 0) is 4.74 Å². The number of amides is 1. The lowest BCUT2D eigenvalue weighted by atomic mass is 9.98. The van der Waals surface area contributed by atoms with Gasteiger partial charge in [-0.05, 0) is 44.5 Å². The van der Waals surface area contributed by atoms with Crippen LogP contribution < -0.4 is 5.43 Å². The predicted octanol–water partition coefficient (Wildman–Crippen LogP) is 4.95. The molecule has 5 nitrogen and oxygen atoms in total. The second-order valence-electron chi connectivity index (χ2n) is 7.51. The highest BCUT2D eigenvalue weighted by Gasteiger charge is 2.43. The fourth-order valence-corrected chi connectivity index (χ4v) is 3.97. The van der Waals surface area contributed by atoms with Crippen molar-refractivity contribution in [1.29, 1.82) is 0 Å². The largest absolute Gasteiger partial charge is 0.450 e. The lowest BCUT2D eigenvalue weighted by Gasteiger charge is -2.25. The minimum atomic E-state index is -0.868. The number of hydrogen-bond donors (Lipinski definition) is 0. The molecule has 0 aliphatic carbocycles. The van der Waals surface area contributed by atoms with E-state index in [0.717, 1.165) is 0 Å². The Morgan fingerprint density at radius 1 is 1.20 bits per heavy atom. The number of hydrogen-bond acceptors (Lipinski definition) is 4. The number of halogens is 2. The van der Waals surface area contributed by atoms with Gasteiger partial charge in [0.2, 0.25) is 5.76 Å². The third-order valence-corrected chi connectivity index (χ3v) is 5.36. The standard InChI is InChI=1S/C23H21ClFNO4/c1-13(2)29-11-5-10-26-20(15-6-3-4-7-17(15)25)19-21(27)16-12-14(24)8-9-18(16)30-22(19)23(26)28/h3-4,6-9,12-13,20H,5,10-11H2,1-2H3. The first-order valence-corrected chi connectivity index (χ1v) is 10.2. The minimum Gasteiger partial charge on any atom is -0.450 e. The lowest BCUT2D eigenvalue weighted by Crippen LogP contribution is -2.32. The molecule has 4 rings (SSSR count). The molecule has 1 unspecified atom stereocenters. The summed E-state index contributed by atoms with van der Waals surface area (Å²) in [5.74, 6) is -0.971. The van der Waals surface area contributed by atoms with E-state index in [2.05, 4.69) is 0 Å². The maximum Gasteiger partial charge on any atom is 0.290 e. The summed E-state index contributed by atoms with van der Waals surface area (Å²) >= 11 is 6.06. The van der Waals surface area contributed by atoms with Crippen LogP contribution in [0.3, 0.4) is 0 Å². The first-order valence-electron chi connectivity index (χ1n) is 9.81. The molecule has 30 heavy (non-hydrogen) atoms. The highest BCUT2D eigenvalue weighted by atomic mass is 35.5. The van der Waals surface area contributed by atoms with E-state index >= 15 is 0 Å². The van der Waals surface area contributed by atoms with Crippen molar-refractivity contribution in [2.45, 2.75) is 32.4 Å². The van der Waals surface area contributed by atoms with Crippen LogP contribution in [0.5, 0.6) is 0 Å². The molecule has 1 aliphatic rings. The Bertz CT molecular complexity index is 1170. The van der Waals surface area contributed by atoms with Crippen molar-refractivity contribution in [1.82, 2.24) is 4.90 Å². The summed E-state index contributed by atoms with van der Waals surface area (Å²) in [4.78, 5) is 28.0. The third kappa shape index (κ3) is 3.61. The molecular weight excluding hydrogens is 409 g/mol. The van der Waals surface area contributed by atoms with E-state index in [-0.39, 0.29) is 39.4 Å². The molecule has 0 saturated heterocycles. The molecule has 3 aromatic rings. The molecule has 0 bridgehead atoms. The molecule has 1 atom stereocenters. The van der Waals surface area contributed by atoms with Crippen LogP contribution in [0.2, 0.25) is 5.02 Å². The van der Waals surface area contributed by atoms with Gasteiger partial charge in [-0.2, -0.15) is 0 Å². The van der Waals surface area contributed by atoms with E-state index in [1.807, 2.05) is 13.8 Å². The first-order chi connectivity index (χ1) is 14.4. The monoisotopic (exact) mass is 429 g/mol. The molecule has 0 radical (unpaired) electrons. The van der Waals surface area contributed by atoms with Gasteiger partial charge in [0, 0.05) is 23.7 Å². The minimum absolute atomic E-state index is 0.0483. The second-order valence-corrected chi connectivity index (χ2v) is 7.95. The quantitative estimate of drug-likeness (QED) is 0.520. The van der Waals surface area contributed by atoms with Crippen molar-refractivity contribution in [3.8, 4) is 0 Å². The molecule has 2 heterocycles. The van der Waals surface area contributed by atoms with Gasteiger partial charge < -0.3 is 14.1 Å². The summed E-state index contributed by atoms with van der Waals surface area (Å²) in [6.45, 7) is 4.60. The van der Waals surface area contributed by atoms with Crippen molar-refractivity contribution in [2.75, 3.05) is 13.2 Å². The SMILES string of the molecule is CC(C)OCCCN1C(=O)c2oc3ccc(Cl)cc3c(=O)c2C1c1ccccc1F. The van der Waals surface area contributed by atoms with E-state index in [4.69, 9.17) is 20.8 Å². The Labute approximate surface area is 178 Å². The van der Waals surface area contributed by atoms with Crippen molar-refractivity contribution >= 4 is 28.5 Å². The van der Waals surface area contributed by atoms with Crippen LogP contribution in [0.1, 0.15) is 48.0 Å². The molecule has 2 aromatic carbocycles. The topological polar surface area (TPSA) is 59.8 Å². The first kappa shape index (κ1) is 20.6. The van der Waals surface area contributed by atoms with Crippen molar-refractivity contribution in [3.05, 3.63) is 80.4 Å². The Morgan fingerprint density at radius 2 is 1.97 bits per heavy atom. The van der Waals surface area contributed by atoms with Crippen LogP contribution >= 0.6 is 11.6 Å². The summed E-state index contributed by atoms with van der Waals surface area (Å²) in [5.41, 5.74) is 0.290. The summed E-state index contributed by atoms with van der Waals surface area (Å²) in [7, 11) is 0. The van der Waals surface area contributed by atoms with E-state index in [1.165, 1.54) is 17.0 Å². The summed E-state index contributed by atoms with van der Waals surface area (Å²) in [6, 6.07) is 9.94. The van der Waals surface area contributed by atoms with Gasteiger partial charge in [0.1, 0.15) is 11.4 Å². The zero-order valence-electron chi connectivity index (χ0n) is 16.7. The average Bonchev–Trinajstić information content (AvgIpc) is 2.98. The molecule has 1 aromatic heterocycles. The predicted molar refractivity (Wildman–Crippen MR) is 112 cm³/mol. The number of nitrogens with zero attached hydrogens (tertiary/aromatic N) is 1. The van der Waals surface area contributed by atoms with Crippen molar-refractivity contribution in [2.24, 2.45) is 0 Å². The van der Waals surface area contributed by atoms with Gasteiger partial charge in [-0.3, -0.25) is 9.59 Å². The molecule has 1 aliphatic heterocycles. The van der Waals surface area contributed by atoms with Crippen LogP contribution in [-0.4, -0.2) is 30.1 Å². The molecular formula is C23H21ClFNO4. The maximum absolute atomic E-state index is 14.7. The van der Waals surface area contributed by atoms with Gasteiger partial charge in [0.05, 0.1) is 23.1 Å². The third-order valence-electron chi connectivity index (χ3n) is 5.12. The molecule has 0 spiro atoms. The number of carbonyl (C=O) groups is 1. The fraction of sp³-hybridized carbons (Fsp3) is 0.304. The zero-order valence-corrected chi connectivity index (χ0v) is 17.4.